The zero-order valence-corrected chi connectivity index (χ0v) is 15.5. The maximum Gasteiger partial charge on any atom is 0.227 e. The molecule has 27 heavy (non-hydrogen) atoms. The highest BCUT2D eigenvalue weighted by Gasteiger charge is 2.49. The first-order valence-corrected chi connectivity index (χ1v) is 9.60. The van der Waals surface area contributed by atoms with Gasteiger partial charge in [-0.3, -0.25) is 4.79 Å². The van der Waals surface area contributed by atoms with Gasteiger partial charge in [-0.15, -0.1) is 0 Å². The van der Waals surface area contributed by atoms with Crippen molar-refractivity contribution < 1.29 is 9.90 Å². The highest BCUT2D eigenvalue weighted by Crippen LogP contribution is 2.51. The number of carbonyl (C=O) groups excluding carboxylic acids is 1. The van der Waals surface area contributed by atoms with E-state index in [4.69, 9.17) is 0 Å². The van der Waals surface area contributed by atoms with Crippen molar-refractivity contribution in [2.45, 2.75) is 50.7 Å². The molecule has 4 atom stereocenters. The van der Waals surface area contributed by atoms with Gasteiger partial charge in [0.25, 0.3) is 0 Å². The van der Waals surface area contributed by atoms with Crippen molar-refractivity contribution in [2.75, 3.05) is 0 Å². The first-order valence-electron chi connectivity index (χ1n) is 9.60. The fourth-order valence-corrected chi connectivity index (χ4v) is 4.78. The number of amides is 1. The number of hydrogen-bond acceptors (Lipinski definition) is 3. The van der Waals surface area contributed by atoms with Crippen LogP contribution in [0.2, 0.25) is 0 Å². The molecule has 1 fully saturated rings. The van der Waals surface area contributed by atoms with E-state index in [-0.39, 0.29) is 17.9 Å². The van der Waals surface area contributed by atoms with Crippen LogP contribution >= 0.6 is 0 Å². The van der Waals surface area contributed by atoms with Gasteiger partial charge in [-0.25, -0.2) is 0 Å². The van der Waals surface area contributed by atoms with Crippen LogP contribution in [0.15, 0.2) is 48.5 Å². The fourth-order valence-electron chi connectivity index (χ4n) is 4.78. The molecule has 0 spiro atoms. The monoisotopic (exact) mass is 360 g/mol. The number of nitrogens with zero attached hydrogens (tertiary/aromatic N) is 1. The van der Waals surface area contributed by atoms with Gasteiger partial charge in [0, 0.05) is 5.92 Å². The molecule has 0 unspecified atom stereocenters. The van der Waals surface area contributed by atoms with E-state index < -0.39 is 11.5 Å². The summed E-state index contributed by atoms with van der Waals surface area (Å²) in [6.45, 7) is 2.01. The number of rotatable bonds is 3. The first kappa shape index (κ1) is 17.8. The summed E-state index contributed by atoms with van der Waals surface area (Å²) >= 11 is 0. The van der Waals surface area contributed by atoms with Crippen LogP contribution in [0.4, 0.5) is 0 Å². The molecule has 2 aromatic rings. The molecule has 1 saturated carbocycles. The lowest BCUT2D eigenvalue weighted by Gasteiger charge is -2.33. The highest BCUT2D eigenvalue weighted by molar-refractivity contribution is 5.86. The van der Waals surface area contributed by atoms with E-state index in [1.165, 1.54) is 0 Å². The molecule has 0 heterocycles. The summed E-state index contributed by atoms with van der Waals surface area (Å²) in [6, 6.07) is 17.8. The van der Waals surface area contributed by atoms with Crippen LogP contribution in [-0.4, -0.2) is 23.2 Å². The number of fused-ring (bicyclic) bond motifs is 1. The van der Waals surface area contributed by atoms with Gasteiger partial charge in [-0.2, -0.15) is 5.26 Å². The lowest BCUT2D eigenvalue weighted by molar-refractivity contribution is -0.131. The second-order valence-corrected chi connectivity index (χ2v) is 8.04. The van der Waals surface area contributed by atoms with Crippen molar-refractivity contribution in [1.29, 1.82) is 5.26 Å². The number of hydrogen-bond donors (Lipinski definition) is 2. The molecule has 0 radical (unpaired) electrons. The zero-order chi connectivity index (χ0) is 19.0. The summed E-state index contributed by atoms with van der Waals surface area (Å²) in [5, 5.41) is 22.6. The molecule has 2 aromatic carbocycles. The summed E-state index contributed by atoms with van der Waals surface area (Å²) in [6.07, 6.45) is 2.68. The van der Waals surface area contributed by atoms with Crippen molar-refractivity contribution in [1.82, 2.24) is 5.32 Å². The van der Waals surface area contributed by atoms with E-state index in [0.717, 1.165) is 36.0 Å². The van der Waals surface area contributed by atoms with Crippen molar-refractivity contribution in [3.8, 4) is 6.07 Å². The second-order valence-electron chi connectivity index (χ2n) is 8.04. The molecule has 4 heteroatoms. The van der Waals surface area contributed by atoms with Crippen molar-refractivity contribution in [3.63, 3.8) is 0 Å². The number of carbonyl (C=O) groups is 1. The molecule has 0 bridgehead atoms. The number of nitriles is 1. The molecule has 1 amide bonds. The predicted molar refractivity (Wildman–Crippen MR) is 103 cm³/mol. The quantitative estimate of drug-likeness (QED) is 0.882. The molecule has 2 aliphatic carbocycles. The minimum absolute atomic E-state index is 0.0167. The van der Waals surface area contributed by atoms with Crippen LogP contribution in [0.1, 0.15) is 54.4 Å². The number of benzene rings is 2. The maximum atomic E-state index is 13.4. The van der Waals surface area contributed by atoms with Gasteiger partial charge in [0.15, 0.2) is 0 Å². The Morgan fingerprint density at radius 1 is 1.22 bits per heavy atom. The molecular formula is C23H24N2O2. The molecule has 0 aliphatic heterocycles. The van der Waals surface area contributed by atoms with E-state index in [1.807, 2.05) is 43.3 Å². The molecule has 4 nitrogen and oxygen atoms in total. The molecule has 0 aromatic heterocycles. The van der Waals surface area contributed by atoms with E-state index in [1.54, 1.807) is 0 Å². The average molecular weight is 360 g/mol. The van der Waals surface area contributed by atoms with Gasteiger partial charge in [-0.05, 0) is 61.4 Å². The Morgan fingerprint density at radius 3 is 2.67 bits per heavy atom. The molecule has 4 rings (SSSR count). The Bertz CT molecular complexity index is 902. The fraction of sp³-hybridized carbons (Fsp3) is 0.391. The Morgan fingerprint density at radius 2 is 2.00 bits per heavy atom. The van der Waals surface area contributed by atoms with Crippen molar-refractivity contribution >= 4 is 5.91 Å². The van der Waals surface area contributed by atoms with Crippen LogP contribution in [0.25, 0.3) is 0 Å². The van der Waals surface area contributed by atoms with Gasteiger partial charge in [0.05, 0.1) is 29.2 Å². The first-order chi connectivity index (χ1) is 13.0. The van der Waals surface area contributed by atoms with Gasteiger partial charge in [-0.1, -0.05) is 36.4 Å². The normalized spacial score (nSPS) is 29.1. The van der Waals surface area contributed by atoms with E-state index in [9.17, 15) is 15.2 Å². The van der Waals surface area contributed by atoms with Gasteiger partial charge < -0.3 is 10.4 Å². The van der Waals surface area contributed by atoms with Crippen LogP contribution in [-0.2, 0) is 11.2 Å². The molecule has 138 valence electrons. The predicted octanol–water partition coefficient (Wildman–Crippen LogP) is 3.28. The van der Waals surface area contributed by atoms with E-state index in [2.05, 4.69) is 23.5 Å². The standard InChI is InChI=1S/C23H24N2O2/c1-23(22(27)25-19-8-5-9-20(19)26)13-17-11-10-15(14-24)12-18(17)21(23)16-6-3-2-4-7-16/h2-4,6-7,10-12,19-21,26H,5,8-9,13H2,1H3,(H,25,27)/t19-,20-,21+,23-/m1/s1. The van der Waals surface area contributed by atoms with E-state index >= 15 is 0 Å². The largest absolute Gasteiger partial charge is 0.391 e. The average Bonchev–Trinajstić information content (AvgIpc) is 3.22. The van der Waals surface area contributed by atoms with Gasteiger partial charge in [0.2, 0.25) is 5.91 Å². The van der Waals surface area contributed by atoms with Gasteiger partial charge >= 0.3 is 0 Å². The van der Waals surface area contributed by atoms with Crippen LogP contribution < -0.4 is 5.32 Å². The van der Waals surface area contributed by atoms with Crippen molar-refractivity contribution in [2.24, 2.45) is 5.41 Å². The second kappa shape index (κ2) is 6.83. The minimum Gasteiger partial charge on any atom is -0.391 e. The lowest BCUT2D eigenvalue weighted by atomic mass is 9.73. The third-order valence-electron chi connectivity index (χ3n) is 6.23. The zero-order valence-electron chi connectivity index (χ0n) is 15.5. The smallest absolute Gasteiger partial charge is 0.227 e. The van der Waals surface area contributed by atoms with Crippen molar-refractivity contribution in [3.05, 3.63) is 70.8 Å². The maximum absolute atomic E-state index is 13.4. The Kier molecular flexibility index (Phi) is 4.49. The lowest BCUT2D eigenvalue weighted by Crippen LogP contribution is -2.48. The molecular weight excluding hydrogens is 336 g/mol. The third-order valence-corrected chi connectivity index (χ3v) is 6.23. The summed E-state index contributed by atoms with van der Waals surface area (Å²) in [5.74, 6) is -0.127. The Balaban J connectivity index is 1.74. The van der Waals surface area contributed by atoms with Crippen LogP contribution in [0, 0.1) is 16.7 Å². The summed E-state index contributed by atoms with van der Waals surface area (Å²) in [4.78, 5) is 13.4. The topological polar surface area (TPSA) is 73.1 Å². The summed E-state index contributed by atoms with van der Waals surface area (Å²) in [7, 11) is 0. The number of aliphatic hydroxyl groups excluding tert-OH is 1. The molecule has 0 saturated heterocycles. The van der Waals surface area contributed by atoms with Crippen LogP contribution in [0.3, 0.4) is 0 Å². The molecule has 2 aliphatic rings. The summed E-state index contributed by atoms with van der Waals surface area (Å²) < 4.78 is 0. The van der Waals surface area contributed by atoms with E-state index in [0.29, 0.717) is 12.0 Å². The number of nitrogens with one attached hydrogen (secondary N) is 1. The third kappa shape index (κ3) is 3.02. The van der Waals surface area contributed by atoms with Gasteiger partial charge in [0.1, 0.15) is 0 Å². The Labute approximate surface area is 159 Å². The summed E-state index contributed by atoms with van der Waals surface area (Å²) in [5.41, 5.74) is 3.22. The highest BCUT2D eigenvalue weighted by atomic mass is 16.3. The number of aliphatic hydroxyl groups is 1. The minimum atomic E-state index is -0.653. The molecule has 2 N–H and O–H groups in total. The Hall–Kier alpha value is -2.64. The SMILES string of the molecule is C[C@@]1(C(=O)N[C@@H]2CCC[C@H]2O)Cc2ccc(C#N)cc2[C@@H]1c1ccccc1. The van der Waals surface area contributed by atoms with Crippen LogP contribution in [0.5, 0.6) is 0 Å².